The molecule has 6 nitrogen and oxygen atoms in total. The van der Waals surface area contributed by atoms with Crippen LogP contribution < -0.4 is 15.6 Å². The molecule has 0 saturated heterocycles. The summed E-state index contributed by atoms with van der Waals surface area (Å²) in [4.78, 5) is 12.2. The van der Waals surface area contributed by atoms with E-state index in [1.165, 1.54) is 12.1 Å². The van der Waals surface area contributed by atoms with Crippen LogP contribution in [0, 0.1) is 0 Å². The maximum absolute atomic E-state index is 12.5. The minimum atomic E-state index is -4.01. The van der Waals surface area contributed by atoms with Crippen molar-refractivity contribution in [2.45, 2.75) is 24.8 Å². The molecule has 3 N–H and O–H groups in total. The van der Waals surface area contributed by atoms with E-state index in [1.54, 1.807) is 5.01 Å². The lowest BCUT2D eigenvalue weighted by Crippen LogP contribution is -2.46. The molecular weight excluding hydrogens is 350 g/mol. The van der Waals surface area contributed by atoms with Crippen molar-refractivity contribution in [3.63, 3.8) is 0 Å². The van der Waals surface area contributed by atoms with E-state index >= 15 is 0 Å². The number of halogens is 1. The molecule has 1 amide bonds. The summed E-state index contributed by atoms with van der Waals surface area (Å²) < 4.78 is 23.1. The second-order valence-corrected chi connectivity index (χ2v) is 7.37. The third kappa shape index (κ3) is 4.25. The summed E-state index contributed by atoms with van der Waals surface area (Å²) in [6.07, 6.45) is 0. The largest absolute Gasteiger partial charge is 0.283 e. The van der Waals surface area contributed by atoms with Crippen LogP contribution in [-0.2, 0) is 10.0 Å². The minimum absolute atomic E-state index is 0.0126. The molecule has 2 aromatic rings. The van der Waals surface area contributed by atoms with Crippen LogP contribution in [0.15, 0.2) is 53.4 Å². The molecule has 0 aliphatic heterocycles. The molecule has 0 aliphatic carbocycles. The summed E-state index contributed by atoms with van der Waals surface area (Å²) in [5.41, 5.74) is 3.71. The Hall–Kier alpha value is -2.09. The quantitative estimate of drug-likeness (QED) is 0.794. The number of para-hydroxylation sites is 1. The summed E-state index contributed by atoms with van der Waals surface area (Å²) in [5, 5.41) is 6.77. The van der Waals surface area contributed by atoms with Gasteiger partial charge in [-0.15, -0.1) is 0 Å². The summed E-state index contributed by atoms with van der Waals surface area (Å²) in [7, 11) is -4.01. The molecule has 0 spiro atoms. The van der Waals surface area contributed by atoms with E-state index in [9.17, 15) is 13.2 Å². The fraction of sp³-hybridized carbons (Fsp3) is 0.188. The van der Waals surface area contributed by atoms with Crippen molar-refractivity contribution in [1.29, 1.82) is 0 Å². The first-order chi connectivity index (χ1) is 11.2. The molecule has 0 atom stereocenters. The van der Waals surface area contributed by atoms with E-state index in [0.29, 0.717) is 0 Å². The number of carbonyl (C=O) groups excluding carboxylic acids is 1. The average Bonchev–Trinajstić information content (AvgIpc) is 2.52. The van der Waals surface area contributed by atoms with Gasteiger partial charge >= 0.3 is 0 Å². The molecule has 0 aliphatic rings. The maximum Gasteiger partial charge on any atom is 0.269 e. The standard InChI is InChI=1S/C16H18ClN3O3S/c1-11(2)20(13-6-4-3-5-7-13)19-16(21)12-8-9-14(17)15(10-12)24(18,22)23/h3-11H,1-2H3,(H,19,21)(H2,18,22,23). The van der Waals surface area contributed by atoms with Crippen LogP contribution in [0.3, 0.4) is 0 Å². The van der Waals surface area contributed by atoms with Gasteiger partial charge in [-0.25, -0.2) is 13.6 Å². The van der Waals surface area contributed by atoms with Gasteiger partial charge < -0.3 is 0 Å². The number of hydrogen-bond donors (Lipinski definition) is 2. The number of carbonyl (C=O) groups is 1. The van der Waals surface area contributed by atoms with Crippen molar-refractivity contribution in [2.24, 2.45) is 5.14 Å². The number of nitrogens with one attached hydrogen (secondary N) is 1. The Morgan fingerprint density at radius 3 is 2.33 bits per heavy atom. The molecule has 8 heteroatoms. The van der Waals surface area contributed by atoms with Gasteiger partial charge in [-0.2, -0.15) is 0 Å². The Labute approximate surface area is 146 Å². The lowest BCUT2D eigenvalue weighted by molar-refractivity contribution is 0.0945. The topological polar surface area (TPSA) is 92.5 Å². The highest BCUT2D eigenvalue weighted by atomic mass is 35.5. The van der Waals surface area contributed by atoms with Gasteiger partial charge in [0.2, 0.25) is 10.0 Å². The van der Waals surface area contributed by atoms with Gasteiger partial charge in [-0.05, 0) is 44.2 Å². The van der Waals surface area contributed by atoms with Gasteiger partial charge in [0.15, 0.2) is 0 Å². The van der Waals surface area contributed by atoms with Crippen LogP contribution in [0.1, 0.15) is 24.2 Å². The summed E-state index contributed by atoms with van der Waals surface area (Å²) in [6, 6.07) is 13.2. The maximum atomic E-state index is 12.5. The van der Waals surface area contributed by atoms with Crippen LogP contribution >= 0.6 is 11.6 Å². The summed E-state index contributed by atoms with van der Waals surface area (Å²) >= 11 is 5.84. The highest BCUT2D eigenvalue weighted by Gasteiger charge is 2.19. The Morgan fingerprint density at radius 1 is 1.17 bits per heavy atom. The fourth-order valence-corrected chi connectivity index (χ4v) is 3.19. The average molecular weight is 368 g/mol. The lowest BCUT2D eigenvalue weighted by atomic mass is 10.2. The monoisotopic (exact) mass is 367 g/mol. The number of nitrogens with zero attached hydrogens (tertiary/aromatic N) is 1. The number of hydrogen-bond acceptors (Lipinski definition) is 4. The molecule has 0 bridgehead atoms. The SMILES string of the molecule is CC(C)N(NC(=O)c1ccc(Cl)c(S(N)(=O)=O)c1)c1ccccc1. The zero-order valence-corrected chi connectivity index (χ0v) is 14.8. The van der Waals surface area contributed by atoms with Crippen molar-refractivity contribution in [2.75, 3.05) is 5.01 Å². The molecule has 0 saturated carbocycles. The predicted molar refractivity (Wildman–Crippen MR) is 94.3 cm³/mol. The van der Waals surface area contributed by atoms with E-state index in [2.05, 4.69) is 5.43 Å². The summed E-state index contributed by atoms with van der Waals surface area (Å²) in [5.74, 6) is -0.464. The second kappa shape index (κ2) is 7.21. The Balaban J connectivity index is 2.32. The lowest BCUT2D eigenvalue weighted by Gasteiger charge is -2.29. The smallest absolute Gasteiger partial charge is 0.269 e. The number of primary sulfonamides is 1. The molecule has 0 aromatic heterocycles. The van der Waals surface area contributed by atoms with Gasteiger partial charge in [0.25, 0.3) is 5.91 Å². The molecule has 2 aromatic carbocycles. The number of sulfonamides is 1. The first-order valence-corrected chi connectivity index (χ1v) is 9.10. The van der Waals surface area contributed by atoms with E-state index in [0.717, 1.165) is 11.8 Å². The van der Waals surface area contributed by atoms with Crippen molar-refractivity contribution < 1.29 is 13.2 Å². The number of nitrogens with two attached hydrogens (primary N) is 1. The van der Waals surface area contributed by atoms with Gasteiger partial charge in [-0.1, -0.05) is 29.8 Å². The first-order valence-electron chi connectivity index (χ1n) is 7.18. The third-order valence-electron chi connectivity index (χ3n) is 3.27. The Morgan fingerprint density at radius 2 is 1.79 bits per heavy atom. The van der Waals surface area contributed by atoms with Crippen LogP contribution in [0.25, 0.3) is 0 Å². The normalized spacial score (nSPS) is 11.4. The third-order valence-corrected chi connectivity index (χ3v) is 4.67. The van der Waals surface area contributed by atoms with Crippen molar-refractivity contribution in [3.8, 4) is 0 Å². The van der Waals surface area contributed by atoms with Crippen molar-refractivity contribution >= 4 is 33.2 Å². The van der Waals surface area contributed by atoms with Crippen LogP contribution in [0.4, 0.5) is 5.69 Å². The molecule has 128 valence electrons. The van der Waals surface area contributed by atoms with Crippen LogP contribution in [-0.4, -0.2) is 20.4 Å². The van der Waals surface area contributed by atoms with E-state index in [1.807, 2.05) is 44.2 Å². The summed E-state index contributed by atoms with van der Waals surface area (Å²) in [6.45, 7) is 3.84. The first kappa shape index (κ1) is 18.3. The van der Waals surface area contributed by atoms with Crippen molar-refractivity contribution in [1.82, 2.24) is 5.43 Å². The number of rotatable bonds is 5. The highest BCUT2D eigenvalue weighted by Crippen LogP contribution is 2.22. The molecule has 24 heavy (non-hydrogen) atoms. The second-order valence-electron chi connectivity index (χ2n) is 5.43. The number of amides is 1. The zero-order valence-electron chi connectivity index (χ0n) is 13.2. The molecule has 0 radical (unpaired) electrons. The number of anilines is 1. The molecule has 0 unspecified atom stereocenters. The minimum Gasteiger partial charge on any atom is -0.283 e. The van der Waals surface area contributed by atoms with E-state index in [4.69, 9.17) is 16.7 Å². The van der Waals surface area contributed by atoms with Gasteiger partial charge in [0.1, 0.15) is 4.90 Å². The molecule has 2 rings (SSSR count). The predicted octanol–water partition coefficient (Wildman–Crippen LogP) is 2.55. The van der Waals surface area contributed by atoms with Crippen molar-refractivity contribution in [3.05, 3.63) is 59.1 Å². The number of hydrazine groups is 1. The molecule has 0 heterocycles. The Bertz CT molecular complexity index is 839. The molecular formula is C16H18ClN3O3S. The van der Waals surface area contributed by atoms with Crippen LogP contribution in [0.5, 0.6) is 0 Å². The highest BCUT2D eigenvalue weighted by molar-refractivity contribution is 7.89. The van der Waals surface area contributed by atoms with Gasteiger partial charge in [0.05, 0.1) is 10.7 Å². The van der Waals surface area contributed by atoms with Gasteiger partial charge in [0, 0.05) is 11.6 Å². The van der Waals surface area contributed by atoms with Crippen LogP contribution in [0.2, 0.25) is 5.02 Å². The fourth-order valence-electron chi connectivity index (χ4n) is 2.12. The van der Waals surface area contributed by atoms with E-state index in [-0.39, 0.29) is 21.5 Å². The number of benzene rings is 2. The Kier molecular flexibility index (Phi) is 5.48. The van der Waals surface area contributed by atoms with Gasteiger partial charge in [-0.3, -0.25) is 15.2 Å². The van der Waals surface area contributed by atoms with E-state index < -0.39 is 15.9 Å². The molecule has 0 fully saturated rings. The zero-order chi connectivity index (χ0) is 17.9.